The van der Waals surface area contributed by atoms with Crippen LogP contribution in [-0.4, -0.2) is 40.7 Å². The highest BCUT2D eigenvalue weighted by Gasteiger charge is 2.33. The topological polar surface area (TPSA) is 54.5 Å². The van der Waals surface area contributed by atoms with Crippen molar-refractivity contribution in [2.75, 3.05) is 13.1 Å². The van der Waals surface area contributed by atoms with Crippen molar-refractivity contribution in [3.8, 4) is 0 Å². The Balaban J connectivity index is 1.69. The van der Waals surface area contributed by atoms with E-state index in [1.165, 1.54) is 0 Å². The molecule has 2 rings (SSSR count). The van der Waals surface area contributed by atoms with E-state index in [0.717, 1.165) is 17.8 Å². The Morgan fingerprint density at radius 2 is 2.15 bits per heavy atom. The molecule has 0 spiro atoms. The van der Waals surface area contributed by atoms with Gasteiger partial charge in [0.15, 0.2) is 0 Å². The van der Waals surface area contributed by atoms with Gasteiger partial charge < -0.3 is 15.0 Å². The fourth-order valence-electron chi connectivity index (χ4n) is 1.95. The summed E-state index contributed by atoms with van der Waals surface area (Å²) in [5, 5.41) is 3.41. The SMILES string of the molecule is Cc1ccc(CNC2CN(C(=O)OC(C)(C)C)C2)cn1. The number of nitrogens with one attached hydrogen (secondary N) is 1. The number of carbonyl (C=O) groups is 1. The molecule has 1 aromatic heterocycles. The molecular weight excluding hydrogens is 254 g/mol. The normalized spacial score (nSPS) is 15.9. The number of aryl methyl sites for hydroxylation is 1. The van der Waals surface area contributed by atoms with Crippen LogP contribution in [0.2, 0.25) is 0 Å². The van der Waals surface area contributed by atoms with Gasteiger partial charge in [-0.1, -0.05) is 6.07 Å². The minimum Gasteiger partial charge on any atom is -0.444 e. The van der Waals surface area contributed by atoms with Crippen LogP contribution in [0.5, 0.6) is 0 Å². The molecule has 1 fully saturated rings. The number of amides is 1. The van der Waals surface area contributed by atoms with E-state index in [1.54, 1.807) is 4.90 Å². The molecule has 1 aromatic rings. The van der Waals surface area contributed by atoms with Gasteiger partial charge in [-0.25, -0.2) is 4.79 Å². The molecule has 1 aliphatic heterocycles. The molecule has 5 heteroatoms. The Morgan fingerprint density at radius 1 is 1.45 bits per heavy atom. The average Bonchev–Trinajstić information content (AvgIpc) is 2.27. The Kier molecular flexibility index (Phi) is 4.28. The highest BCUT2D eigenvalue weighted by molar-refractivity contribution is 5.69. The van der Waals surface area contributed by atoms with Crippen LogP contribution in [0.4, 0.5) is 4.79 Å². The van der Waals surface area contributed by atoms with Crippen molar-refractivity contribution in [3.63, 3.8) is 0 Å². The maximum Gasteiger partial charge on any atom is 0.410 e. The van der Waals surface area contributed by atoms with Crippen LogP contribution in [0, 0.1) is 6.92 Å². The van der Waals surface area contributed by atoms with Gasteiger partial charge in [-0.15, -0.1) is 0 Å². The van der Waals surface area contributed by atoms with E-state index >= 15 is 0 Å². The fraction of sp³-hybridized carbons (Fsp3) is 0.600. The third-order valence-electron chi connectivity index (χ3n) is 3.10. The third kappa shape index (κ3) is 4.20. The predicted molar refractivity (Wildman–Crippen MR) is 77.4 cm³/mol. The van der Waals surface area contributed by atoms with E-state index in [0.29, 0.717) is 19.1 Å². The van der Waals surface area contributed by atoms with Crippen molar-refractivity contribution < 1.29 is 9.53 Å². The lowest BCUT2D eigenvalue weighted by Crippen LogP contribution is -2.60. The molecule has 0 radical (unpaired) electrons. The van der Waals surface area contributed by atoms with Gasteiger partial charge in [0.1, 0.15) is 5.60 Å². The monoisotopic (exact) mass is 277 g/mol. The van der Waals surface area contributed by atoms with E-state index in [9.17, 15) is 4.79 Å². The standard InChI is InChI=1S/C15H23N3O2/c1-11-5-6-12(7-16-11)8-17-13-9-18(10-13)14(19)20-15(2,3)4/h5-7,13,17H,8-10H2,1-4H3. The van der Waals surface area contributed by atoms with Gasteiger partial charge in [0.25, 0.3) is 0 Å². The molecule has 5 nitrogen and oxygen atoms in total. The molecule has 1 amide bonds. The van der Waals surface area contributed by atoms with Crippen LogP contribution in [-0.2, 0) is 11.3 Å². The molecule has 0 saturated carbocycles. The zero-order valence-electron chi connectivity index (χ0n) is 12.6. The number of carbonyl (C=O) groups excluding carboxylic acids is 1. The summed E-state index contributed by atoms with van der Waals surface area (Å²) in [6.45, 7) is 9.80. The first kappa shape index (κ1) is 14.8. The van der Waals surface area contributed by atoms with E-state index in [4.69, 9.17) is 4.74 Å². The molecule has 110 valence electrons. The Labute approximate surface area is 120 Å². The average molecular weight is 277 g/mol. The minimum atomic E-state index is -0.427. The number of hydrogen-bond acceptors (Lipinski definition) is 4. The lowest BCUT2D eigenvalue weighted by Gasteiger charge is -2.40. The first-order valence-corrected chi connectivity index (χ1v) is 6.96. The quantitative estimate of drug-likeness (QED) is 0.919. The maximum absolute atomic E-state index is 11.8. The second-order valence-electron chi connectivity index (χ2n) is 6.27. The molecule has 1 N–H and O–H groups in total. The number of hydrogen-bond donors (Lipinski definition) is 1. The first-order valence-electron chi connectivity index (χ1n) is 6.96. The van der Waals surface area contributed by atoms with Crippen LogP contribution in [0.25, 0.3) is 0 Å². The van der Waals surface area contributed by atoms with Crippen molar-refractivity contribution in [3.05, 3.63) is 29.6 Å². The number of pyridine rings is 1. The number of rotatable bonds is 3. The lowest BCUT2D eigenvalue weighted by molar-refractivity contribution is 0.00518. The van der Waals surface area contributed by atoms with Crippen LogP contribution in [0.1, 0.15) is 32.0 Å². The highest BCUT2D eigenvalue weighted by atomic mass is 16.6. The molecule has 1 saturated heterocycles. The third-order valence-corrected chi connectivity index (χ3v) is 3.10. The highest BCUT2D eigenvalue weighted by Crippen LogP contribution is 2.15. The van der Waals surface area contributed by atoms with Crippen molar-refractivity contribution >= 4 is 6.09 Å². The van der Waals surface area contributed by atoms with Gasteiger partial charge in [-0.05, 0) is 39.3 Å². The molecule has 0 aromatic carbocycles. The maximum atomic E-state index is 11.8. The fourth-order valence-corrected chi connectivity index (χ4v) is 1.95. The van der Waals surface area contributed by atoms with Gasteiger partial charge in [0.2, 0.25) is 0 Å². The molecular formula is C15H23N3O2. The smallest absolute Gasteiger partial charge is 0.410 e. The first-order chi connectivity index (χ1) is 9.33. The molecule has 0 atom stereocenters. The van der Waals surface area contributed by atoms with Crippen LogP contribution in [0.3, 0.4) is 0 Å². The predicted octanol–water partition coefficient (Wildman–Crippen LogP) is 2.10. The van der Waals surface area contributed by atoms with Gasteiger partial charge in [-0.2, -0.15) is 0 Å². The summed E-state index contributed by atoms with van der Waals surface area (Å²) < 4.78 is 5.32. The van der Waals surface area contributed by atoms with Crippen molar-refractivity contribution in [2.24, 2.45) is 0 Å². The second-order valence-corrected chi connectivity index (χ2v) is 6.27. The van der Waals surface area contributed by atoms with E-state index in [2.05, 4.69) is 16.4 Å². The largest absolute Gasteiger partial charge is 0.444 e. The van der Waals surface area contributed by atoms with Gasteiger partial charge in [0.05, 0.1) is 0 Å². The summed E-state index contributed by atoms with van der Waals surface area (Å²) in [7, 11) is 0. The molecule has 1 aliphatic rings. The lowest BCUT2D eigenvalue weighted by atomic mass is 10.1. The van der Waals surface area contributed by atoms with Crippen molar-refractivity contribution in [1.29, 1.82) is 0 Å². The van der Waals surface area contributed by atoms with Gasteiger partial charge in [0, 0.05) is 37.6 Å². The number of nitrogens with zero attached hydrogens (tertiary/aromatic N) is 2. The Bertz CT molecular complexity index is 459. The zero-order chi connectivity index (χ0) is 14.8. The Morgan fingerprint density at radius 3 is 2.70 bits per heavy atom. The summed E-state index contributed by atoms with van der Waals surface area (Å²) in [6, 6.07) is 4.41. The van der Waals surface area contributed by atoms with Crippen molar-refractivity contribution in [2.45, 2.75) is 45.9 Å². The molecule has 20 heavy (non-hydrogen) atoms. The number of aromatic nitrogens is 1. The zero-order valence-corrected chi connectivity index (χ0v) is 12.6. The number of ether oxygens (including phenoxy) is 1. The van der Waals surface area contributed by atoms with Crippen LogP contribution in [0.15, 0.2) is 18.3 Å². The van der Waals surface area contributed by atoms with E-state index < -0.39 is 5.60 Å². The van der Waals surface area contributed by atoms with Crippen molar-refractivity contribution in [1.82, 2.24) is 15.2 Å². The number of likely N-dealkylation sites (tertiary alicyclic amines) is 1. The van der Waals surface area contributed by atoms with Gasteiger partial charge >= 0.3 is 6.09 Å². The van der Waals surface area contributed by atoms with E-state index in [-0.39, 0.29) is 6.09 Å². The summed E-state index contributed by atoms with van der Waals surface area (Å²) >= 11 is 0. The molecule has 0 aliphatic carbocycles. The molecule has 0 unspecified atom stereocenters. The van der Waals surface area contributed by atoms with Gasteiger partial charge in [-0.3, -0.25) is 4.98 Å². The van der Waals surface area contributed by atoms with E-state index in [1.807, 2.05) is 40.0 Å². The van der Waals surface area contributed by atoms with Crippen LogP contribution < -0.4 is 5.32 Å². The summed E-state index contributed by atoms with van der Waals surface area (Å²) in [5.74, 6) is 0. The summed E-state index contributed by atoms with van der Waals surface area (Å²) in [6.07, 6.45) is 1.65. The summed E-state index contributed by atoms with van der Waals surface area (Å²) in [5.41, 5.74) is 1.75. The molecule has 0 bridgehead atoms. The summed E-state index contributed by atoms with van der Waals surface area (Å²) in [4.78, 5) is 17.7. The minimum absolute atomic E-state index is 0.229. The Hall–Kier alpha value is -1.62. The second kappa shape index (κ2) is 5.79. The molecule has 2 heterocycles. The van der Waals surface area contributed by atoms with Crippen LogP contribution >= 0.6 is 0 Å².